The van der Waals surface area contributed by atoms with Crippen LogP contribution >= 0.6 is 0 Å². The quantitative estimate of drug-likeness (QED) is 0.709. The molecule has 2 unspecified atom stereocenters. The molecule has 0 aromatic heterocycles. The number of cyclic esters (lactones) is 2. The minimum atomic E-state index is -1.19. The van der Waals surface area contributed by atoms with E-state index in [2.05, 4.69) is 9.80 Å². The summed E-state index contributed by atoms with van der Waals surface area (Å²) in [5, 5.41) is 0. The highest BCUT2D eigenvalue weighted by Crippen LogP contribution is 2.41. The SMILES string of the molecule is CC1(C2(C)C(=O)OCCN2Cc2ccccc2)C(=O)OCCN1Cc1ccccc1. The van der Waals surface area contributed by atoms with Crippen molar-refractivity contribution in [2.75, 3.05) is 26.3 Å². The number of carbonyl (C=O) groups is 2. The van der Waals surface area contributed by atoms with Crippen LogP contribution in [0.4, 0.5) is 0 Å². The number of esters is 2. The maximum absolute atomic E-state index is 13.3. The Balaban J connectivity index is 1.73. The van der Waals surface area contributed by atoms with E-state index in [0.717, 1.165) is 11.1 Å². The van der Waals surface area contributed by atoms with E-state index in [9.17, 15) is 9.59 Å². The molecule has 2 saturated heterocycles. The summed E-state index contributed by atoms with van der Waals surface area (Å²) < 4.78 is 11.0. The number of rotatable bonds is 5. The minimum Gasteiger partial charge on any atom is -0.463 e. The van der Waals surface area contributed by atoms with E-state index in [1.54, 1.807) is 0 Å². The maximum atomic E-state index is 13.3. The van der Waals surface area contributed by atoms with Crippen LogP contribution in [0.5, 0.6) is 0 Å². The summed E-state index contributed by atoms with van der Waals surface area (Å²) in [4.78, 5) is 30.7. The van der Waals surface area contributed by atoms with Gasteiger partial charge in [0, 0.05) is 26.2 Å². The molecule has 2 fully saturated rings. The molecule has 2 aromatic carbocycles. The molecule has 0 saturated carbocycles. The molecule has 6 heteroatoms. The van der Waals surface area contributed by atoms with Crippen molar-refractivity contribution in [2.24, 2.45) is 0 Å². The van der Waals surface area contributed by atoms with Gasteiger partial charge in [-0.15, -0.1) is 0 Å². The normalized spacial score (nSPS) is 28.1. The van der Waals surface area contributed by atoms with Crippen molar-refractivity contribution in [3.05, 3.63) is 71.8 Å². The third-order valence-corrected chi connectivity index (χ3v) is 6.63. The molecule has 2 aromatic rings. The van der Waals surface area contributed by atoms with Crippen LogP contribution in [0.2, 0.25) is 0 Å². The summed E-state index contributed by atoms with van der Waals surface area (Å²) >= 11 is 0. The minimum absolute atomic E-state index is 0.311. The molecule has 0 amide bonds. The van der Waals surface area contributed by atoms with Gasteiger partial charge in [-0.05, 0) is 25.0 Å². The van der Waals surface area contributed by atoms with Gasteiger partial charge < -0.3 is 9.47 Å². The van der Waals surface area contributed by atoms with Crippen molar-refractivity contribution in [1.29, 1.82) is 0 Å². The first-order chi connectivity index (χ1) is 14.5. The largest absolute Gasteiger partial charge is 0.463 e. The molecule has 2 atom stereocenters. The Bertz CT molecular complexity index is 828. The van der Waals surface area contributed by atoms with Gasteiger partial charge in [-0.25, -0.2) is 9.59 Å². The van der Waals surface area contributed by atoms with Gasteiger partial charge >= 0.3 is 11.9 Å². The molecule has 158 valence electrons. The molecule has 2 heterocycles. The molecule has 4 rings (SSSR count). The number of nitrogens with zero attached hydrogens (tertiary/aromatic N) is 2. The van der Waals surface area contributed by atoms with E-state index >= 15 is 0 Å². The van der Waals surface area contributed by atoms with Crippen LogP contribution in [0.3, 0.4) is 0 Å². The Morgan fingerprint density at radius 2 is 1.07 bits per heavy atom. The first-order valence-electron chi connectivity index (χ1n) is 10.4. The Hall–Kier alpha value is -2.70. The van der Waals surface area contributed by atoms with Gasteiger partial charge in [0.05, 0.1) is 0 Å². The van der Waals surface area contributed by atoms with Crippen molar-refractivity contribution < 1.29 is 19.1 Å². The molecular formula is C24H28N2O4. The summed E-state index contributed by atoms with van der Waals surface area (Å²) in [7, 11) is 0. The average Bonchev–Trinajstić information content (AvgIpc) is 2.76. The van der Waals surface area contributed by atoms with E-state index < -0.39 is 11.1 Å². The Morgan fingerprint density at radius 1 is 0.700 bits per heavy atom. The monoisotopic (exact) mass is 408 g/mol. The molecule has 2 aliphatic heterocycles. The Labute approximate surface area is 177 Å². The summed E-state index contributed by atoms with van der Waals surface area (Å²) in [6, 6.07) is 20.0. The Kier molecular flexibility index (Phi) is 5.62. The van der Waals surface area contributed by atoms with Crippen LogP contribution < -0.4 is 0 Å². The third kappa shape index (κ3) is 3.40. The van der Waals surface area contributed by atoms with Gasteiger partial charge in [0.15, 0.2) is 0 Å². The molecule has 0 bridgehead atoms. The summed E-state index contributed by atoms with van der Waals surface area (Å²) in [5.74, 6) is -0.770. The second-order valence-corrected chi connectivity index (χ2v) is 8.23. The van der Waals surface area contributed by atoms with Crippen LogP contribution in [0.1, 0.15) is 25.0 Å². The van der Waals surface area contributed by atoms with E-state index in [-0.39, 0.29) is 11.9 Å². The lowest BCUT2D eigenvalue weighted by molar-refractivity contribution is -0.205. The zero-order valence-electron chi connectivity index (χ0n) is 17.5. The fourth-order valence-corrected chi connectivity index (χ4v) is 4.58. The van der Waals surface area contributed by atoms with Crippen molar-refractivity contribution >= 4 is 11.9 Å². The maximum Gasteiger partial charge on any atom is 0.328 e. The summed E-state index contributed by atoms with van der Waals surface area (Å²) in [6.45, 7) is 6.47. The van der Waals surface area contributed by atoms with Gasteiger partial charge in [-0.3, -0.25) is 9.80 Å². The molecule has 0 spiro atoms. The lowest BCUT2D eigenvalue weighted by Gasteiger charge is -2.56. The fraction of sp³-hybridized carbons (Fsp3) is 0.417. The van der Waals surface area contributed by atoms with Gasteiger partial charge in [-0.2, -0.15) is 0 Å². The topological polar surface area (TPSA) is 59.1 Å². The summed E-state index contributed by atoms with van der Waals surface area (Å²) in [5.41, 5.74) is -0.206. The number of hydrogen-bond acceptors (Lipinski definition) is 6. The highest BCUT2D eigenvalue weighted by molar-refractivity contribution is 5.94. The van der Waals surface area contributed by atoms with Crippen LogP contribution in [0.15, 0.2) is 60.7 Å². The molecular weight excluding hydrogens is 380 g/mol. The van der Waals surface area contributed by atoms with Gasteiger partial charge in [0.1, 0.15) is 24.3 Å². The van der Waals surface area contributed by atoms with Crippen molar-refractivity contribution in [3.63, 3.8) is 0 Å². The number of hydrogen-bond donors (Lipinski definition) is 0. The van der Waals surface area contributed by atoms with Gasteiger partial charge in [0.2, 0.25) is 0 Å². The molecule has 0 radical (unpaired) electrons. The van der Waals surface area contributed by atoms with Gasteiger partial charge in [-0.1, -0.05) is 60.7 Å². The van der Waals surface area contributed by atoms with Crippen molar-refractivity contribution in [1.82, 2.24) is 9.80 Å². The van der Waals surface area contributed by atoms with Crippen LogP contribution in [-0.4, -0.2) is 59.1 Å². The van der Waals surface area contributed by atoms with E-state index in [0.29, 0.717) is 39.4 Å². The highest BCUT2D eigenvalue weighted by Gasteiger charge is 2.65. The lowest BCUT2D eigenvalue weighted by Crippen LogP contribution is -2.78. The highest BCUT2D eigenvalue weighted by atomic mass is 16.5. The number of carbonyl (C=O) groups excluding carboxylic acids is 2. The first kappa shape index (κ1) is 20.6. The predicted molar refractivity (Wildman–Crippen MR) is 112 cm³/mol. The third-order valence-electron chi connectivity index (χ3n) is 6.63. The van der Waals surface area contributed by atoms with Gasteiger partial charge in [0.25, 0.3) is 0 Å². The lowest BCUT2D eigenvalue weighted by atomic mass is 9.74. The fourth-order valence-electron chi connectivity index (χ4n) is 4.58. The van der Waals surface area contributed by atoms with Crippen LogP contribution in [0.25, 0.3) is 0 Å². The number of morpholine rings is 2. The molecule has 2 aliphatic rings. The standard InChI is InChI=1S/C24H28N2O4/c1-23(21(27)29-15-13-25(23)17-19-9-5-3-6-10-19)24(2)22(28)30-16-14-26(24)18-20-11-7-4-8-12-20/h3-12H,13-18H2,1-2H3. The van der Waals surface area contributed by atoms with Crippen LogP contribution in [-0.2, 0) is 32.2 Å². The van der Waals surface area contributed by atoms with Crippen molar-refractivity contribution in [2.45, 2.75) is 38.0 Å². The second-order valence-electron chi connectivity index (χ2n) is 8.23. The summed E-state index contributed by atoms with van der Waals surface area (Å²) in [6.07, 6.45) is 0. The average molecular weight is 408 g/mol. The number of ether oxygens (including phenoxy) is 2. The van der Waals surface area contributed by atoms with Crippen LogP contribution in [0, 0.1) is 0 Å². The molecule has 0 aliphatic carbocycles. The second kappa shape index (κ2) is 8.20. The zero-order chi connectivity index (χ0) is 21.2. The predicted octanol–water partition coefficient (Wildman–Crippen LogP) is 2.62. The molecule has 0 N–H and O–H groups in total. The van der Waals surface area contributed by atoms with Crippen molar-refractivity contribution in [3.8, 4) is 0 Å². The van der Waals surface area contributed by atoms with E-state index in [1.165, 1.54) is 0 Å². The molecule has 30 heavy (non-hydrogen) atoms. The van der Waals surface area contributed by atoms with E-state index in [1.807, 2.05) is 74.5 Å². The first-order valence-corrected chi connectivity index (χ1v) is 10.4. The number of benzene rings is 2. The van der Waals surface area contributed by atoms with E-state index in [4.69, 9.17) is 9.47 Å². The smallest absolute Gasteiger partial charge is 0.328 e. The molecule has 6 nitrogen and oxygen atoms in total. The zero-order valence-corrected chi connectivity index (χ0v) is 17.5. The Morgan fingerprint density at radius 3 is 1.43 bits per heavy atom.